The van der Waals surface area contributed by atoms with Crippen LogP contribution in [0.3, 0.4) is 0 Å². The molecule has 2 heteroatoms. The van der Waals surface area contributed by atoms with Crippen LogP contribution in [0.25, 0.3) is 23.2 Å². The molecule has 3 aromatic carbocycles. The molecule has 0 aliphatic carbocycles. The van der Waals surface area contributed by atoms with Gasteiger partial charge < -0.3 is 4.57 Å². The van der Waals surface area contributed by atoms with E-state index in [2.05, 4.69) is 90.4 Å². The van der Waals surface area contributed by atoms with Gasteiger partial charge in [0, 0.05) is 6.54 Å². The van der Waals surface area contributed by atoms with Gasteiger partial charge in [-0.1, -0.05) is 72.8 Å². The second kappa shape index (κ2) is 6.78. The summed E-state index contributed by atoms with van der Waals surface area (Å²) in [5, 5.41) is 0. The van der Waals surface area contributed by atoms with Crippen LogP contribution in [-0.2, 0) is 6.54 Å². The topological polar surface area (TPSA) is 17.8 Å². The Morgan fingerprint density at radius 2 is 1.52 bits per heavy atom. The van der Waals surface area contributed by atoms with Crippen LogP contribution in [0.1, 0.15) is 22.5 Å². The van der Waals surface area contributed by atoms with Crippen molar-refractivity contribution in [2.75, 3.05) is 0 Å². The Morgan fingerprint density at radius 1 is 0.800 bits per heavy atom. The minimum absolute atomic E-state index is 0.821. The summed E-state index contributed by atoms with van der Waals surface area (Å²) < 4.78 is 2.29. The molecule has 0 spiro atoms. The number of para-hydroxylation sites is 2. The van der Waals surface area contributed by atoms with Crippen molar-refractivity contribution >= 4 is 23.2 Å². The van der Waals surface area contributed by atoms with Gasteiger partial charge in [-0.25, -0.2) is 4.98 Å². The average Bonchev–Trinajstić information content (AvgIpc) is 3.00. The second-order valence-electron chi connectivity index (χ2n) is 6.22. The highest BCUT2D eigenvalue weighted by molar-refractivity contribution is 5.80. The molecule has 0 bridgehead atoms. The van der Waals surface area contributed by atoms with Crippen LogP contribution in [-0.4, -0.2) is 9.55 Å². The van der Waals surface area contributed by atoms with E-state index in [1.54, 1.807) is 0 Å². The van der Waals surface area contributed by atoms with Gasteiger partial charge in [-0.2, -0.15) is 0 Å². The lowest BCUT2D eigenvalue weighted by Gasteiger charge is -2.10. The molecule has 0 radical (unpaired) electrons. The molecule has 0 aliphatic rings. The first kappa shape index (κ1) is 15.4. The van der Waals surface area contributed by atoms with E-state index in [1.165, 1.54) is 22.2 Å². The highest BCUT2D eigenvalue weighted by Gasteiger charge is 2.09. The number of nitrogens with zero attached hydrogens (tertiary/aromatic N) is 2. The zero-order valence-electron chi connectivity index (χ0n) is 14.3. The fraction of sp³-hybridized carbons (Fsp3) is 0.0870. The Bertz CT molecular complexity index is 1030. The van der Waals surface area contributed by atoms with Crippen LogP contribution in [0, 0.1) is 6.92 Å². The Kier molecular flexibility index (Phi) is 4.17. The maximum atomic E-state index is 4.83. The molecule has 4 rings (SSSR count). The van der Waals surface area contributed by atoms with Gasteiger partial charge in [-0.15, -0.1) is 0 Å². The molecule has 122 valence electrons. The fourth-order valence-corrected chi connectivity index (χ4v) is 3.08. The molecule has 0 atom stereocenters. The highest BCUT2D eigenvalue weighted by atomic mass is 15.1. The Labute approximate surface area is 148 Å². The van der Waals surface area contributed by atoms with E-state index in [0.29, 0.717) is 0 Å². The van der Waals surface area contributed by atoms with Crippen LogP contribution in [0.5, 0.6) is 0 Å². The predicted octanol–water partition coefficient (Wildman–Crippen LogP) is 5.56. The maximum absolute atomic E-state index is 4.83. The zero-order valence-corrected chi connectivity index (χ0v) is 14.3. The molecule has 1 heterocycles. The van der Waals surface area contributed by atoms with Crippen LogP contribution in [0.4, 0.5) is 0 Å². The molecule has 25 heavy (non-hydrogen) atoms. The van der Waals surface area contributed by atoms with E-state index in [-0.39, 0.29) is 0 Å². The van der Waals surface area contributed by atoms with E-state index in [0.717, 1.165) is 17.9 Å². The number of fused-ring (bicyclic) bond motifs is 1. The second-order valence-corrected chi connectivity index (χ2v) is 6.22. The van der Waals surface area contributed by atoms with E-state index in [1.807, 2.05) is 12.1 Å². The third-order valence-electron chi connectivity index (χ3n) is 4.50. The van der Waals surface area contributed by atoms with E-state index >= 15 is 0 Å². The summed E-state index contributed by atoms with van der Waals surface area (Å²) in [5.41, 5.74) is 6.00. The van der Waals surface area contributed by atoms with Crippen molar-refractivity contribution in [1.82, 2.24) is 9.55 Å². The molecule has 0 fully saturated rings. The molecule has 1 aromatic heterocycles. The first-order chi connectivity index (χ1) is 12.3. The number of rotatable bonds is 4. The molecule has 0 saturated heterocycles. The van der Waals surface area contributed by atoms with Gasteiger partial charge in [0.25, 0.3) is 0 Å². The predicted molar refractivity (Wildman–Crippen MR) is 105 cm³/mol. The van der Waals surface area contributed by atoms with Gasteiger partial charge in [-0.05, 0) is 41.8 Å². The Hall–Kier alpha value is -3.13. The smallest absolute Gasteiger partial charge is 0.134 e. The molecule has 0 N–H and O–H groups in total. The first-order valence-corrected chi connectivity index (χ1v) is 8.54. The summed E-state index contributed by atoms with van der Waals surface area (Å²) in [6.45, 7) is 2.98. The van der Waals surface area contributed by atoms with E-state index in [9.17, 15) is 0 Å². The van der Waals surface area contributed by atoms with Crippen molar-refractivity contribution in [2.45, 2.75) is 13.5 Å². The number of hydrogen-bond donors (Lipinski definition) is 0. The minimum Gasteiger partial charge on any atom is -0.320 e. The van der Waals surface area contributed by atoms with Crippen molar-refractivity contribution in [3.05, 3.63) is 101 Å². The largest absolute Gasteiger partial charge is 0.320 e. The van der Waals surface area contributed by atoms with Gasteiger partial charge in [0.2, 0.25) is 0 Å². The summed E-state index contributed by atoms with van der Waals surface area (Å²) in [5.74, 6) is 0.980. The molecular weight excluding hydrogens is 304 g/mol. The van der Waals surface area contributed by atoms with Crippen molar-refractivity contribution in [3.63, 3.8) is 0 Å². The van der Waals surface area contributed by atoms with Crippen LogP contribution in [0.15, 0.2) is 78.9 Å². The standard InChI is InChI=1S/C23H20N2/c1-18-9-5-6-12-20(18)17-25-22-14-8-7-13-21(22)24-23(25)16-15-19-10-3-2-4-11-19/h2-16H,17H2,1H3. The summed E-state index contributed by atoms with van der Waals surface area (Å²) in [6.07, 6.45) is 4.23. The molecular formula is C23H20N2. The summed E-state index contributed by atoms with van der Waals surface area (Å²) in [6, 6.07) is 27.2. The monoisotopic (exact) mass is 324 g/mol. The average molecular weight is 324 g/mol. The SMILES string of the molecule is Cc1ccccc1Cn1c(C=Cc2ccccc2)nc2ccccc21. The lowest BCUT2D eigenvalue weighted by Crippen LogP contribution is -2.03. The lowest BCUT2D eigenvalue weighted by molar-refractivity contribution is 0.808. The molecule has 2 nitrogen and oxygen atoms in total. The quantitative estimate of drug-likeness (QED) is 0.480. The van der Waals surface area contributed by atoms with Crippen molar-refractivity contribution < 1.29 is 0 Å². The minimum atomic E-state index is 0.821. The summed E-state index contributed by atoms with van der Waals surface area (Å²) in [4.78, 5) is 4.83. The Balaban J connectivity index is 1.78. The molecule has 0 saturated carbocycles. The van der Waals surface area contributed by atoms with Gasteiger partial charge in [0.15, 0.2) is 0 Å². The van der Waals surface area contributed by atoms with E-state index in [4.69, 9.17) is 4.98 Å². The first-order valence-electron chi connectivity index (χ1n) is 8.54. The van der Waals surface area contributed by atoms with Crippen molar-refractivity contribution in [1.29, 1.82) is 0 Å². The van der Waals surface area contributed by atoms with Gasteiger partial charge in [0.05, 0.1) is 11.0 Å². The molecule has 4 aromatic rings. The van der Waals surface area contributed by atoms with Crippen molar-refractivity contribution in [3.8, 4) is 0 Å². The molecule has 0 unspecified atom stereocenters. The Morgan fingerprint density at radius 3 is 2.36 bits per heavy atom. The zero-order chi connectivity index (χ0) is 17.1. The maximum Gasteiger partial charge on any atom is 0.134 e. The number of aromatic nitrogens is 2. The molecule has 0 amide bonds. The molecule has 0 aliphatic heterocycles. The third kappa shape index (κ3) is 3.24. The number of aryl methyl sites for hydroxylation is 1. The number of imidazole rings is 1. The van der Waals surface area contributed by atoms with Crippen molar-refractivity contribution in [2.24, 2.45) is 0 Å². The summed E-state index contributed by atoms with van der Waals surface area (Å²) >= 11 is 0. The number of hydrogen-bond acceptors (Lipinski definition) is 1. The van der Waals surface area contributed by atoms with Gasteiger partial charge in [0.1, 0.15) is 5.82 Å². The highest BCUT2D eigenvalue weighted by Crippen LogP contribution is 2.21. The third-order valence-corrected chi connectivity index (χ3v) is 4.50. The number of benzene rings is 3. The van der Waals surface area contributed by atoms with Gasteiger partial charge >= 0.3 is 0 Å². The van der Waals surface area contributed by atoms with Crippen LogP contribution >= 0.6 is 0 Å². The fourth-order valence-electron chi connectivity index (χ4n) is 3.08. The van der Waals surface area contributed by atoms with Crippen LogP contribution < -0.4 is 0 Å². The normalized spacial score (nSPS) is 11.4. The van der Waals surface area contributed by atoms with E-state index < -0.39 is 0 Å². The van der Waals surface area contributed by atoms with Crippen LogP contribution in [0.2, 0.25) is 0 Å². The lowest BCUT2D eigenvalue weighted by atomic mass is 10.1. The van der Waals surface area contributed by atoms with Gasteiger partial charge in [-0.3, -0.25) is 0 Å². The summed E-state index contributed by atoms with van der Waals surface area (Å²) in [7, 11) is 0.